The van der Waals surface area contributed by atoms with Crippen LogP contribution in [0, 0.1) is 5.92 Å². The van der Waals surface area contributed by atoms with Crippen molar-refractivity contribution in [2.24, 2.45) is 10.9 Å². The summed E-state index contributed by atoms with van der Waals surface area (Å²) in [5, 5.41) is 0. The zero-order chi connectivity index (χ0) is 11.0. The van der Waals surface area contributed by atoms with E-state index in [1.165, 1.54) is 12.8 Å². The summed E-state index contributed by atoms with van der Waals surface area (Å²) in [7, 11) is 2.05. The van der Waals surface area contributed by atoms with Crippen LogP contribution >= 0.6 is 0 Å². The zero-order valence-electron chi connectivity index (χ0n) is 9.47. The van der Waals surface area contributed by atoms with Crippen molar-refractivity contribution in [3.05, 3.63) is 30.3 Å². The van der Waals surface area contributed by atoms with Crippen LogP contribution in [0.4, 0.5) is 0 Å². The van der Waals surface area contributed by atoms with Crippen LogP contribution in [0.2, 0.25) is 0 Å². The van der Waals surface area contributed by atoms with Gasteiger partial charge in [0.25, 0.3) is 6.02 Å². The Morgan fingerprint density at radius 1 is 1.25 bits per heavy atom. The molecule has 3 nitrogen and oxygen atoms in total. The van der Waals surface area contributed by atoms with Gasteiger partial charge in [-0.25, -0.2) is 4.99 Å². The molecule has 1 atom stereocenters. The van der Waals surface area contributed by atoms with E-state index in [-0.39, 0.29) is 0 Å². The van der Waals surface area contributed by atoms with Crippen LogP contribution in [-0.2, 0) is 0 Å². The van der Waals surface area contributed by atoms with Crippen LogP contribution in [0.15, 0.2) is 35.3 Å². The summed E-state index contributed by atoms with van der Waals surface area (Å²) in [4.78, 5) is 6.75. The highest BCUT2D eigenvalue weighted by atomic mass is 16.5. The maximum Gasteiger partial charge on any atom is 0.293 e. The molecule has 1 heterocycles. The van der Waals surface area contributed by atoms with Gasteiger partial charge in [0.1, 0.15) is 5.75 Å². The van der Waals surface area contributed by atoms with Gasteiger partial charge < -0.3 is 9.64 Å². The number of rotatable bonds is 2. The third-order valence-corrected chi connectivity index (χ3v) is 3.18. The molecule has 2 aliphatic rings. The van der Waals surface area contributed by atoms with Gasteiger partial charge in [-0.05, 0) is 30.9 Å². The Morgan fingerprint density at radius 2 is 2.00 bits per heavy atom. The van der Waals surface area contributed by atoms with Crippen molar-refractivity contribution in [2.45, 2.75) is 18.9 Å². The Kier molecular flexibility index (Phi) is 2.31. The predicted molar refractivity (Wildman–Crippen MR) is 63.6 cm³/mol. The third kappa shape index (κ3) is 1.90. The van der Waals surface area contributed by atoms with E-state index >= 15 is 0 Å². The van der Waals surface area contributed by atoms with Crippen LogP contribution < -0.4 is 4.74 Å². The van der Waals surface area contributed by atoms with Gasteiger partial charge >= 0.3 is 0 Å². The van der Waals surface area contributed by atoms with E-state index in [0.717, 1.165) is 24.2 Å². The molecule has 0 aromatic heterocycles. The molecule has 1 aromatic carbocycles. The molecule has 16 heavy (non-hydrogen) atoms. The molecule has 0 amide bonds. The predicted octanol–water partition coefficient (Wildman–Crippen LogP) is 2.15. The van der Waals surface area contributed by atoms with E-state index < -0.39 is 0 Å². The van der Waals surface area contributed by atoms with Gasteiger partial charge in [0, 0.05) is 13.6 Å². The molecule has 1 unspecified atom stereocenters. The first-order valence-corrected chi connectivity index (χ1v) is 5.85. The van der Waals surface area contributed by atoms with Gasteiger partial charge in [0.05, 0.1) is 6.04 Å². The van der Waals surface area contributed by atoms with Crippen molar-refractivity contribution in [1.82, 2.24) is 4.90 Å². The SMILES string of the molecule is CN1CC(C2CC2)N=C1Oc1ccccc1. The second-order valence-electron chi connectivity index (χ2n) is 4.61. The Labute approximate surface area is 95.7 Å². The molecule has 0 N–H and O–H groups in total. The molecule has 0 radical (unpaired) electrons. The average molecular weight is 216 g/mol. The summed E-state index contributed by atoms with van der Waals surface area (Å²) in [5.41, 5.74) is 0. The molecular weight excluding hydrogens is 200 g/mol. The lowest BCUT2D eigenvalue weighted by molar-refractivity contribution is 0.404. The lowest BCUT2D eigenvalue weighted by atomic mass is 10.2. The number of para-hydroxylation sites is 1. The smallest absolute Gasteiger partial charge is 0.293 e. The van der Waals surface area contributed by atoms with Crippen LogP contribution in [0.1, 0.15) is 12.8 Å². The minimum Gasteiger partial charge on any atom is -0.426 e. The first-order chi connectivity index (χ1) is 7.83. The van der Waals surface area contributed by atoms with Crippen molar-refractivity contribution in [2.75, 3.05) is 13.6 Å². The first-order valence-electron chi connectivity index (χ1n) is 5.85. The number of aliphatic imine (C=N–C) groups is 1. The maximum atomic E-state index is 5.77. The van der Waals surface area contributed by atoms with E-state index in [2.05, 4.69) is 9.89 Å². The molecule has 1 saturated carbocycles. The Hall–Kier alpha value is -1.51. The summed E-state index contributed by atoms with van der Waals surface area (Å²) < 4.78 is 5.77. The number of hydrogen-bond donors (Lipinski definition) is 0. The zero-order valence-corrected chi connectivity index (χ0v) is 9.47. The fourth-order valence-corrected chi connectivity index (χ4v) is 2.07. The van der Waals surface area contributed by atoms with E-state index in [9.17, 15) is 0 Å². The average Bonchev–Trinajstić information content (AvgIpc) is 3.07. The van der Waals surface area contributed by atoms with E-state index in [1.807, 2.05) is 37.4 Å². The number of likely N-dealkylation sites (N-methyl/N-ethyl adjacent to an activating group) is 1. The van der Waals surface area contributed by atoms with Gasteiger partial charge in [-0.3, -0.25) is 0 Å². The van der Waals surface area contributed by atoms with Crippen molar-refractivity contribution in [3.8, 4) is 5.75 Å². The molecular formula is C13H16N2O. The van der Waals surface area contributed by atoms with Gasteiger partial charge in [-0.2, -0.15) is 0 Å². The van der Waals surface area contributed by atoms with Crippen LogP contribution in [-0.4, -0.2) is 30.6 Å². The molecule has 3 rings (SSSR count). The third-order valence-electron chi connectivity index (χ3n) is 3.18. The Bertz CT molecular complexity index is 398. The fourth-order valence-electron chi connectivity index (χ4n) is 2.07. The Balaban J connectivity index is 1.72. The summed E-state index contributed by atoms with van der Waals surface area (Å²) in [6.45, 7) is 1.01. The van der Waals surface area contributed by atoms with Crippen molar-refractivity contribution in [3.63, 3.8) is 0 Å². The molecule has 1 aliphatic carbocycles. The van der Waals surface area contributed by atoms with Gasteiger partial charge in [-0.15, -0.1) is 0 Å². The van der Waals surface area contributed by atoms with E-state index in [4.69, 9.17) is 4.74 Å². The highest BCUT2D eigenvalue weighted by Gasteiger charge is 2.36. The molecule has 0 spiro atoms. The standard InChI is InChI=1S/C13H16N2O/c1-15-9-12(10-7-8-10)14-13(15)16-11-5-3-2-4-6-11/h2-6,10,12H,7-9H2,1H3. The summed E-state index contributed by atoms with van der Waals surface area (Å²) in [6, 6.07) is 11.1. The van der Waals surface area contributed by atoms with Crippen LogP contribution in [0.3, 0.4) is 0 Å². The maximum absolute atomic E-state index is 5.77. The van der Waals surface area contributed by atoms with E-state index in [0.29, 0.717) is 6.04 Å². The van der Waals surface area contributed by atoms with Crippen molar-refractivity contribution >= 4 is 6.02 Å². The molecule has 84 valence electrons. The van der Waals surface area contributed by atoms with Crippen LogP contribution in [0.25, 0.3) is 0 Å². The number of benzene rings is 1. The molecule has 1 aliphatic heterocycles. The molecule has 0 bridgehead atoms. The summed E-state index contributed by atoms with van der Waals surface area (Å²) >= 11 is 0. The number of ether oxygens (including phenoxy) is 1. The first kappa shape index (κ1) is 9.70. The summed E-state index contributed by atoms with van der Waals surface area (Å²) in [5.74, 6) is 1.67. The monoisotopic (exact) mass is 216 g/mol. The minimum absolute atomic E-state index is 0.462. The summed E-state index contributed by atoms with van der Waals surface area (Å²) in [6.07, 6.45) is 2.67. The lowest BCUT2D eigenvalue weighted by Gasteiger charge is -2.14. The highest BCUT2D eigenvalue weighted by molar-refractivity contribution is 5.78. The van der Waals surface area contributed by atoms with Gasteiger partial charge in [0.15, 0.2) is 0 Å². The lowest BCUT2D eigenvalue weighted by Crippen LogP contribution is -2.28. The number of amidine groups is 1. The van der Waals surface area contributed by atoms with Crippen molar-refractivity contribution < 1.29 is 4.74 Å². The minimum atomic E-state index is 0.462. The van der Waals surface area contributed by atoms with E-state index in [1.54, 1.807) is 0 Å². The molecule has 1 fully saturated rings. The van der Waals surface area contributed by atoms with Gasteiger partial charge in [0.2, 0.25) is 0 Å². The molecule has 0 saturated heterocycles. The fraction of sp³-hybridized carbons (Fsp3) is 0.462. The number of hydrogen-bond acceptors (Lipinski definition) is 3. The quantitative estimate of drug-likeness (QED) is 0.756. The largest absolute Gasteiger partial charge is 0.426 e. The number of nitrogens with zero attached hydrogens (tertiary/aromatic N) is 2. The van der Waals surface area contributed by atoms with Crippen molar-refractivity contribution in [1.29, 1.82) is 0 Å². The highest BCUT2D eigenvalue weighted by Crippen LogP contribution is 2.36. The second-order valence-corrected chi connectivity index (χ2v) is 4.61. The second kappa shape index (κ2) is 3.81. The molecule has 1 aromatic rings. The topological polar surface area (TPSA) is 24.8 Å². The van der Waals surface area contributed by atoms with Crippen LogP contribution in [0.5, 0.6) is 5.75 Å². The van der Waals surface area contributed by atoms with Gasteiger partial charge in [-0.1, -0.05) is 18.2 Å². The normalized spacial score (nSPS) is 24.4. The molecule has 3 heteroatoms. The Morgan fingerprint density at radius 3 is 2.69 bits per heavy atom.